The van der Waals surface area contributed by atoms with Crippen molar-refractivity contribution in [2.75, 3.05) is 20.6 Å². The van der Waals surface area contributed by atoms with Gasteiger partial charge in [-0.15, -0.1) is 0 Å². The smallest absolute Gasteiger partial charge is 0.116 e. The van der Waals surface area contributed by atoms with Gasteiger partial charge >= 0.3 is 0 Å². The Morgan fingerprint density at radius 3 is 2.85 bits per heavy atom. The number of nitrogens with zero attached hydrogens (tertiary/aromatic N) is 2. The molecule has 1 aromatic heterocycles. The summed E-state index contributed by atoms with van der Waals surface area (Å²) in [6, 6.07) is 3.94. The van der Waals surface area contributed by atoms with E-state index in [2.05, 4.69) is 16.8 Å². The molecule has 0 spiro atoms. The second-order valence-electron chi connectivity index (χ2n) is 3.21. The summed E-state index contributed by atoms with van der Waals surface area (Å²) in [4.78, 5) is 6.22. The molecule has 68 valence electrons. The van der Waals surface area contributed by atoms with Crippen molar-refractivity contribution in [2.24, 2.45) is 0 Å². The largest absolute Gasteiger partial charge is 0.299 e. The zero-order chi connectivity index (χ0) is 9.68. The van der Waals surface area contributed by atoms with E-state index in [4.69, 9.17) is 0 Å². The highest BCUT2D eigenvalue weighted by molar-refractivity contribution is 5.34. The Kier molecular flexibility index (Phi) is 3.48. The maximum Gasteiger partial charge on any atom is 0.116 e. The first kappa shape index (κ1) is 9.76. The third kappa shape index (κ3) is 3.27. The van der Waals surface area contributed by atoms with Gasteiger partial charge in [0.15, 0.2) is 0 Å². The molecule has 1 rings (SSSR count). The first-order chi connectivity index (χ1) is 6.20. The van der Waals surface area contributed by atoms with Crippen LogP contribution in [-0.2, 0) is 0 Å². The number of hydrogen-bond donors (Lipinski definition) is 0. The molecule has 0 aromatic carbocycles. The van der Waals surface area contributed by atoms with Crippen molar-refractivity contribution in [3.63, 3.8) is 0 Å². The highest BCUT2D eigenvalue weighted by Crippen LogP contribution is 1.99. The summed E-state index contributed by atoms with van der Waals surface area (Å²) in [5.41, 5.74) is 2.01. The molecular formula is C11H14N2. The van der Waals surface area contributed by atoms with Gasteiger partial charge < -0.3 is 0 Å². The second-order valence-corrected chi connectivity index (χ2v) is 3.21. The lowest BCUT2D eigenvalue weighted by Gasteiger charge is -2.01. The summed E-state index contributed by atoms with van der Waals surface area (Å²) in [5.74, 6) is 6.10. The molecule has 0 aliphatic rings. The first-order valence-electron chi connectivity index (χ1n) is 4.25. The fourth-order valence-corrected chi connectivity index (χ4v) is 0.898. The fourth-order valence-electron chi connectivity index (χ4n) is 0.898. The Morgan fingerprint density at radius 2 is 2.23 bits per heavy atom. The number of hydrogen-bond acceptors (Lipinski definition) is 2. The molecule has 0 unspecified atom stereocenters. The molecule has 0 bridgehead atoms. The molecule has 0 saturated carbocycles. The molecule has 0 aliphatic carbocycles. The SMILES string of the molecule is Cc1cccnc1C#CCN(C)C. The highest BCUT2D eigenvalue weighted by atomic mass is 15.0. The predicted octanol–water partition coefficient (Wildman–Crippen LogP) is 1.30. The summed E-state index contributed by atoms with van der Waals surface area (Å²) in [6.07, 6.45) is 1.77. The van der Waals surface area contributed by atoms with Crippen LogP contribution in [0.4, 0.5) is 0 Å². The quantitative estimate of drug-likeness (QED) is 0.597. The van der Waals surface area contributed by atoms with Gasteiger partial charge in [0, 0.05) is 6.20 Å². The summed E-state index contributed by atoms with van der Waals surface area (Å²) < 4.78 is 0. The van der Waals surface area contributed by atoms with Crippen LogP contribution in [0.1, 0.15) is 11.3 Å². The van der Waals surface area contributed by atoms with Crippen molar-refractivity contribution < 1.29 is 0 Å². The third-order valence-corrected chi connectivity index (χ3v) is 1.61. The molecule has 0 amide bonds. The summed E-state index contributed by atoms with van der Waals surface area (Å²) in [7, 11) is 4.00. The zero-order valence-corrected chi connectivity index (χ0v) is 8.33. The average molecular weight is 174 g/mol. The van der Waals surface area contributed by atoms with E-state index in [1.165, 1.54) is 0 Å². The van der Waals surface area contributed by atoms with Gasteiger partial charge in [-0.25, -0.2) is 4.98 Å². The molecule has 0 atom stereocenters. The first-order valence-corrected chi connectivity index (χ1v) is 4.25. The molecule has 0 N–H and O–H groups in total. The molecule has 0 aliphatic heterocycles. The van der Waals surface area contributed by atoms with Crippen LogP contribution in [0, 0.1) is 18.8 Å². The molecule has 0 saturated heterocycles. The Labute approximate surface area is 79.6 Å². The van der Waals surface area contributed by atoms with Crippen molar-refractivity contribution in [3.05, 3.63) is 29.6 Å². The minimum Gasteiger partial charge on any atom is -0.299 e. The van der Waals surface area contributed by atoms with Gasteiger partial charge in [-0.1, -0.05) is 12.0 Å². The van der Waals surface area contributed by atoms with Crippen LogP contribution in [0.2, 0.25) is 0 Å². The Morgan fingerprint density at radius 1 is 1.46 bits per heavy atom. The van der Waals surface area contributed by atoms with Crippen LogP contribution >= 0.6 is 0 Å². The van der Waals surface area contributed by atoms with Crippen LogP contribution in [0.5, 0.6) is 0 Å². The Hall–Kier alpha value is -1.33. The normalized spacial score (nSPS) is 9.54. The van der Waals surface area contributed by atoms with E-state index in [1.54, 1.807) is 6.20 Å². The van der Waals surface area contributed by atoms with Crippen molar-refractivity contribution in [1.82, 2.24) is 9.88 Å². The van der Waals surface area contributed by atoms with Crippen molar-refractivity contribution in [2.45, 2.75) is 6.92 Å². The van der Waals surface area contributed by atoms with Crippen LogP contribution in [0.15, 0.2) is 18.3 Å². The lowest BCUT2D eigenvalue weighted by atomic mass is 10.2. The average Bonchev–Trinajstić information content (AvgIpc) is 2.08. The molecule has 0 radical (unpaired) electrons. The Bertz CT molecular complexity index is 331. The van der Waals surface area contributed by atoms with E-state index in [0.29, 0.717) is 0 Å². The van der Waals surface area contributed by atoms with Gasteiger partial charge in [0.25, 0.3) is 0 Å². The van der Waals surface area contributed by atoms with Gasteiger partial charge in [-0.3, -0.25) is 4.90 Å². The molecule has 1 heterocycles. The van der Waals surface area contributed by atoms with E-state index in [0.717, 1.165) is 17.8 Å². The molecule has 0 fully saturated rings. The third-order valence-electron chi connectivity index (χ3n) is 1.61. The summed E-state index contributed by atoms with van der Waals surface area (Å²) in [5, 5.41) is 0. The van der Waals surface area contributed by atoms with Crippen LogP contribution in [0.3, 0.4) is 0 Å². The van der Waals surface area contributed by atoms with Crippen molar-refractivity contribution >= 4 is 0 Å². The monoisotopic (exact) mass is 174 g/mol. The molecule has 13 heavy (non-hydrogen) atoms. The lowest BCUT2D eigenvalue weighted by molar-refractivity contribution is 0.464. The predicted molar refractivity (Wildman–Crippen MR) is 54.4 cm³/mol. The second kappa shape index (κ2) is 4.64. The van der Waals surface area contributed by atoms with Gasteiger partial charge in [0.1, 0.15) is 5.69 Å². The number of aromatic nitrogens is 1. The van der Waals surface area contributed by atoms with Crippen LogP contribution < -0.4 is 0 Å². The topological polar surface area (TPSA) is 16.1 Å². The van der Waals surface area contributed by atoms with Gasteiger partial charge in [-0.05, 0) is 38.6 Å². The van der Waals surface area contributed by atoms with E-state index < -0.39 is 0 Å². The number of pyridine rings is 1. The standard InChI is InChI=1S/C11H14N2/c1-10-6-4-8-12-11(10)7-5-9-13(2)3/h4,6,8H,9H2,1-3H3. The van der Waals surface area contributed by atoms with Crippen molar-refractivity contribution in [3.8, 4) is 11.8 Å². The van der Waals surface area contributed by atoms with Crippen LogP contribution in [0.25, 0.3) is 0 Å². The van der Waals surface area contributed by atoms with E-state index in [1.807, 2.05) is 38.1 Å². The Balaban J connectivity index is 2.72. The highest BCUT2D eigenvalue weighted by Gasteiger charge is 1.91. The number of rotatable bonds is 1. The summed E-state index contributed by atoms with van der Waals surface area (Å²) in [6.45, 7) is 2.79. The summed E-state index contributed by atoms with van der Waals surface area (Å²) >= 11 is 0. The number of aryl methyl sites for hydroxylation is 1. The van der Waals surface area contributed by atoms with E-state index in [-0.39, 0.29) is 0 Å². The van der Waals surface area contributed by atoms with E-state index >= 15 is 0 Å². The fraction of sp³-hybridized carbons (Fsp3) is 0.364. The molecule has 1 aromatic rings. The molecular weight excluding hydrogens is 160 g/mol. The minimum atomic E-state index is 0.774. The van der Waals surface area contributed by atoms with E-state index in [9.17, 15) is 0 Å². The van der Waals surface area contributed by atoms with Gasteiger partial charge in [0.2, 0.25) is 0 Å². The molecule has 2 nitrogen and oxygen atoms in total. The maximum atomic E-state index is 4.18. The lowest BCUT2D eigenvalue weighted by Crippen LogP contribution is -2.10. The molecule has 2 heteroatoms. The zero-order valence-electron chi connectivity index (χ0n) is 8.33. The van der Waals surface area contributed by atoms with Crippen molar-refractivity contribution in [1.29, 1.82) is 0 Å². The van der Waals surface area contributed by atoms with Crippen LogP contribution in [-0.4, -0.2) is 30.5 Å². The van der Waals surface area contributed by atoms with Gasteiger partial charge in [-0.2, -0.15) is 0 Å². The minimum absolute atomic E-state index is 0.774. The maximum absolute atomic E-state index is 4.18. The van der Waals surface area contributed by atoms with Gasteiger partial charge in [0.05, 0.1) is 6.54 Å².